The summed E-state index contributed by atoms with van der Waals surface area (Å²) in [7, 11) is 0. The molecule has 7 heteroatoms. The number of nitrogens with one attached hydrogen (secondary N) is 3. The zero-order valence-corrected chi connectivity index (χ0v) is 9.02. The molecular weight excluding hydrogens is 236 g/mol. The highest BCUT2D eigenvalue weighted by molar-refractivity contribution is 5.95. The maximum atomic E-state index is 11.1. The molecule has 0 radical (unpaired) electrons. The molecule has 4 N–H and O–H groups in total. The summed E-state index contributed by atoms with van der Waals surface area (Å²) >= 11 is 0. The Labute approximate surface area is 99.5 Å². The van der Waals surface area contributed by atoms with Gasteiger partial charge in [0.05, 0.1) is 22.9 Å². The molecule has 2 aromatic heterocycles. The summed E-state index contributed by atoms with van der Waals surface area (Å²) in [5.41, 5.74) is 2.13. The van der Waals surface area contributed by atoms with Crippen molar-refractivity contribution in [2.24, 2.45) is 0 Å². The van der Waals surface area contributed by atoms with Crippen molar-refractivity contribution < 1.29 is 9.90 Å². The molecule has 0 fully saturated rings. The van der Waals surface area contributed by atoms with Gasteiger partial charge >= 0.3 is 11.7 Å². The Morgan fingerprint density at radius 2 is 2.00 bits per heavy atom. The Morgan fingerprint density at radius 3 is 2.78 bits per heavy atom. The second kappa shape index (κ2) is 3.59. The Kier molecular flexibility index (Phi) is 2.06. The van der Waals surface area contributed by atoms with E-state index in [2.05, 4.69) is 20.2 Å². The summed E-state index contributed by atoms with van der Waals surface area (Å²) < 4.78 is 0. The highest BCUT2D eigenvalue weighted by atomic mass is 16.4. The van der Waals surface area contributed by atoms with Crippen molar-refractivity contribution in [3.63, 3.8) is 0 Å². The van der Waals surface area contributed by atoms with Gasteiger partial charge in [-0.15, -0.1) is 0 Å². The van der Waals surface area contributed by atoms with E-state index in [1.165, 1.54) is 6.20 Å². The van der Waals surface area contributed by atoms with Crippen LogP contribution in [0.3, 0.4) is 0 Å². The molecule has 0 atom stereocenters. The third-order valence-electron chi connectivity index (χ3n) is 2.67. The molecule has 0 amide bonds. The van der Waals surface area contributed by atoms with Gasteiger partial charge in [-0.3, -0.25) is 5.10 Å². The van der Waals surface area contributed by atoms with E-state index >= 15 is 0 Å². The van der Waals surface area contributed by atoms with Gasteiger partial charge in [-0.1, -0.05) is 6.07 Å². The predicted octanol–water partition coefficient (Wildman–Crippen LogP) is 0.944. The molecule has 0 aliphatic heterocycles. The second-order valence-electron chi connectivity index (χ2n) is 3.80. The standard InChI is InChI=1S/C11H8N4O3/c16-10(17)6-4-12-15-9(6)5-1-2-7-8(3-5)14-11(18)13-7/h1-4H,(H,12,15)(H,16,17)(H2,13,14,18). The summed E-state index contributed by atoms with van der Waals surface area (Å²) in [6, 6.07) is 5.11. The van der Waals surface area contributed by atoms with Gasteiger partial charge in [0.25, 0.3) is 0 Å². The second-order valence-corrected chi connectivity index (χ2v) is 3.80. The Morgan fingerprint density at radius 1 is 1.22 bits per heavy atom. The first kappa shape index (κ1) is 10.3. The average molecular weight is 244 g/mol. The van der Waals surface area contributed by atoms with E-state index in [9.17, 15) is 9.59 Å². The number of imidazole rings is 1. The van der Waals surface area contributed by atoms with Crippen LogP contribution >= 0.6 is 0 Å². The van der Waals surface area contributed by atoms with Crippen LogP contribution in [0.15, 0.2) is 29.2 Å². The molecule has 18 heavy (non-hydrogen) atoms. The normalized spacial score (nSPS) is 10.9. The van der Waals surface area contributed by atoms with Crippen molar-refractivity contribution in [3.05, 3.63) is 40.4 Å². The third kappa shape index (κ3) is 1.49. The number of carbonyl (C=O) groups is 1. The minimum Gasteiger partial charge on any atom is -0.478 e. The van der Waals surface area contributed by atoms with E-state index in [4.69, 9.17) is 5.11 Å². The van der Waals surface area contributed by atoms with Gasteiger partial charge in [0.15, 0.2) is 0 Å². The first-order valence-electron chi connectivity index (χ1n) is 5.14. The van der Waals surface area contributed by atoms with E-state index in [1.807, 2.05) is 0 Å². The lowest BCUT2D eigenvalue weighted by Gasteiger charge is -1.99. The van der Waals surface area contributed by atoms with Crippen LogP contribution in [0.2, 0.25) is 0 Å². The quantitative estimate of drug-likeness (QED) is 0.537. The number of nitrogens with zero attached hydrogens (tertiary/aromatic N) is 1. The third-order valence-corrected chi connectivity index (χ3v) is 2.67. The Bertz CT molecular complexity index is 796. The van der Waals surface area contributed by atoms with Crippen LogP contribution in [0.1, 0.15) is 10.4 Å². The van der Waals surface area contributed by atoms with Gasteiger partial charge in [-0.2, -0.15) is 5.10 Å². The van der Waals surface area contributed by atoms with E-state index in [-0.39, 0.29) is 11.3 Å². The van der Waals surface area contributed by atoms with Crippen molar-refractivity contribution in [2.45, 2.75) is 0 Å². The lowest BCUT2D eigenvalue weighted by Crippen LogP contribution is -1.99. The van der Waals surface area contributed by atoms with E-state index < -0.39 is 5.97 Å². The summed E-state index contributed by atoms with van der Waals surface area (Å²) in [6.07, 6.45) is 1.25. The van der Waals surface area contributed by atoms with Crippen LogP contribution in [0, 0.1) is 0 Å². The lowest BCUT2D eigenvalue weighted by atomic mass is 10.1. The Balaban J connectivity index is 2.21. The van der Waals surface area contributed by atoms with Gasteiger partial charge in [0.2, 0.25) is 0 Å². The summed E-state index contributed by atoms with van der Waals surface area (Å²) in [5, 5.41) is 15.4. The number of rotatable bonds is 2. The number of carboxylic acid groups (broad SMARTS) is 1. The predicted molar refractivity (Wildman–Crippen MR) is 63.5 cm³/mol. The molecule has 7 nitrogen and oxygen atoms in total. The van der Waals surface area contributed by atoms with Gasteiger partial charge in [-0.25, -0.2) is 9.59 Å². The molecular formula is C11H8N4O3. The fraction of sp³-hybridized carbons (Fsp3) is 0. The maximum Gasteiger partial charge on any atom is 0.339 e. The van der Waals surface area contributed by atoms with Crippen molar-refractivity contribution in [1.29, 1.82) is 0 Å². The van der Waals surface area contributed by atoms with E-state index in [1.54, 1.807) is 18.2 Å². The molecule has 0 saturated carbocycles. The number of aromatic amines is 3. The SMILES string of the molecule is O=C(O)c1cn[nH]c1-c1ccc2[nH]c(=O)[nH]c2c1. The summed E-state index contributed by atoms with van der Waals surface area (Å²) in [4.78, 5) is 27.4. The molecule has 0 aliphatic rings. The number of benzene rings is 1. The zero-order valence-electron chi connectivity index (χ0n) is 9.02. The summed E-state index contributed by atoms with van der Waals surface area (Å²) in [6.45, 7) is 0. The molecule has 0 unspecified atom stereocenters. The van der Waals surface area contributed by atoms with Crippen molar-refractivity contribution >= 4 is 17.0 Å². The highest BCUT2D eigenvalue weighted by Crippen LogP contribution is 2.23. The van der Waals surface area contributed by atoms with Crippen LogP contribution in [0.5, 0.6) is 0 Å². The number of fused-ring (bicyclic) bond motifs is 1. The first-order chi connectivity index (χ1) is 8.65. The minimum atomic E-state index is -1.05. The molecule has 2 heterocycles. The van der Waals surface area contributed by atoms with Gasteiger partial charge in [0, 0.05) is 5.56 Å². The van der Waals surface area contributed by atoms with Crippen molar-refractivity contribution in [1.82, 2.24) is 20.2 Å². The van der Waals surface area contributed by atoms with Crippen LogP contribution < -0.4 is 5.69 Å². The smallest absolute Gasteiger partial charge is 0.339 e. The van der Waals surface area contributed by atoms with Crippen LogP contribution in [-0.4, -0.2) is 31.2 Å². The fourth-order valence-corrected chi connectivity index (χ4v) is 1.86. The first-order valence-corrected chi connectivity index (χ1v) is 5.14. The van der Waals surface area contributed by atoms with E-state index in [0.717, 1.165) is 0 Å². The molecule has 0 spiro atoms. The largest absolute Gasteiger partial charge is 0.478 e. The number of hydrogen-bond acceptors (Lipinski definition) is 3. The van der Waals surface area contributed by atoms with Crippen LogP contribution in [0.4, 0.5) is 0 Å². The number of aromatic carboxylic acids is 1. The van der Waals surface area contributed by atoms with Crippen molar-refractivity contribution in [2.75, 3.05) is 0 Å². The molecule has 3 rings (SSSR count). The average Bonchev–Trinajstić information content (AvgIpc) is 2.91. The highest BCUT2D eigenvalue weighted by Gasteiger charge is 2.14. The Hall–Kier alpha value is -2.83. The number of aromatic nitrogens is 4. The number of H-pyrrole nitrogens is 3. The monoisotopic (exact) mass is 244 g/mol. The summed E-state index contributed by atoms with van der Waals surface area (Å²) in [5.74, 6) is -1.05. The number of hydrogen-bond donors (Lipinski definition) is 4. The molecule has 0 saturated heterocycles. The molecule has 90 valence electrons. The van der Waals surface area contributed by atoms with Crippen molar-refractivity contribution in [3.8, 4) is 11.3 Å². The molecule has 0 bridgehead atoms. The van der Waals surface area contributed by atoms with Crippen LogP contribution in [0.25, 0.3) is 22.3 Å². The van der Waals surface area contributed by atoms with E-state index in [0.29, 0.717) is 22.3 Å². The van der Waals surface area contributed by atoms with Gasteiger partial charge in [0.1, 0.15) is 5.56 Å². The van der Waals surface area contributed by atoms with Gasteiger partial charge in [-0.05, 0) is 12.1 Å². The van der Waals surface area contributed by atoms with Gasteiger partial charge < -0.3 is 15.1 Å². The maximum absolute atomic E-state index is 11.1. The zero-order chi connectivity index (χ0) is 12.7. The molecule has 3 aromatic rings. The number of carboxylic acids is 1. The lowest BCUT2D eigenvalue weighted by molar-refractivity contribution is 0.0698. The molecule has 0 aliphatic carbocycles. The fourth-order valence-electron chi connectivity index (χ4n) is 1.86. The van der Waals surface area contributed by atoms with Crippen LogP contribution in [-0.2, 0) is 0 Å². The minimum absolute atomic E-state index is 0.0900. The topological polar surface area (TPSA) is 115 Å². The molecule has 1 aromatic carbocycles.